The molecule has 2 aliphatic rings. The zero-order valence-electron chi connectivity index (χ0n) is 9.70. The van der Waals surface area contributed by atoms with Crippen LogP contribution in [0.2, 0.25) is 0 Å². The third kappa shape index (κ3) is 3.28. The Morgan fingerprint density at radius 1 is 1.44 bits per heavy atom. The van der Waals surface area contributed by atoms with Crippen LogP contribution in [0.5, 0.6) is 0 Å². The van der Waals surface area contributed by atoms with E-state index in [1.165, 1.54) is 19.3 Å². The lowest BCUT2D eigenvalue weighted by atomic mass is 10.0. The van der Waals surface area contributed by atoms with Gasteiger partial charge < -0.3 is 10.6 Å². The molecule has 0 aromatic rings. The van der Waals surface area contributed by atoms with Crippen LogP contribution < -0.4 is 10.6 Å². The van der Waals surface area contributed by atoms with Crippen molar-refractivity contribution in [3.63, 3.8) is 0 Å². The van der Waals surface area contributed by atoms with Crippen molar-refractivity contribution in [3.05, 3.63) is 0 Å². The molecule has 1 amide bonds. The molecule has 16 heavy (non-hydrogen) atoms. The zero-order valence-corrected chi connectivity index (χ0v) is 11.3. The second-order valence-corrected chi connectivity index (χ2v) is 5.91. The number of nitrogens with one attached hydrogen (secondary N) is 2. The van der Waals surface area contributed by atoms with Gasteiger partial charge in [0.15, 0.2) is 0 Å². The lowest BCUT2D eigenvalue weighted by Gasteiger charge is -2.29. The predicted octanol–water partition coefficient (Wildman–Crippen LogP) is 1.42. The molecule has 0 aromatic heterocycles. The minimum Gasteiger partial charge on any atom is -0.352 e. The molecule has 2 atom stereocenters. The van der Waals surface area contributed by atoms with E-state index in [1.54, 1.807) is 0 Å². The largest absolute Gasteiger partial charge is 0.352 e. The van der Waals surface area contributed by atoms with Gasteiger partial charge in [-0.1, -0.05) is 13.3 Å². The summed E-state index contributed by atoms with van der Waals surface area (Å²) in [7, 11) is 0. The van der Waals surface area contributed by atoms with E-state index in [-0.39, 0.29) is 24.2 Å². The van der Waals surface area contributed by atoms with Gasteiger partial charge in [0.05, 0.1) is 5.92 Å². The van der Waals surface area contributed by atoms with Gasteiger partial charge >= 0.3 is 0 Å². The van der Waals surface area contributed by atoms with E-state index >= 15 is 0 Å². The minimum atomic E-state index is 0. The van der Waals surface area contributed by atoms with Crippen LogP contribution in [0.15, 0.2) is 0 Å². The van der Waals surface area contributed by atoms with Crippen molar-refractivity contribution < 1.29 is 4.79 Å². The van der Waals surface area contributed by atoms with Crippen LogP contribution in [0, 0.1) is 5.92 Å². The normalized spacial score (nSPS) is 29.3. The van der Waals surface area contributed by atoms with E-state index in [0.29, 0.717) is 11.3 Å². The molecule has 1 saturated carbocycles. The summed E-state index contributed by atoms with van der Waals surface area (Å²) in [6, 6.07) is 0.433. The first-order valence-electron chi connectivity index (χ1n) is 5.94. The van der Waals surface area contributed by atoms with E-state index in [1.807, 2.05) is 11.8 Å². The molecule has 0 radical (unpaired) electrons. The van der Waals surface area contributed by atoms with Crippen LogP contribution in [0.25, 0.3) is 0 Å². The quantitative estimate of drug-likeness (QED) is 0.807. The molecule has 5 heteroatoms. The van der Waals surface area contributed by atoms with Gasteiger partial charge in [0.25, 0.3) is 0 Å². The summed E-state index contributed by atoms with van der Waals surface area (Å²) in [6.07, 6.45) is 3.71. The lowest BCUT2D eigenvalue weighted by Crippen LogP contribution is -2.53. The van der Waals surface area contributed by atoms with Crippen LogP contribution in [0.1, 0.15) is 26.2 Å². The van der Waals surface area contributed by atoms with Gasteiger partial charge in [0.1, 0.15) is 0 Å². The summed E-state index contributed by atoms with van der Waals surface area (Å²) in [5, 5.41) is 7.01. The Kier molecular flexibility index (Phi) is 5.94. The number of thioether (sulfide) groups is 1. The molecule has 1 aliphatic carbocycles. The summed E-state index contributed by atoms with van der Waals surface area (Å²) in [5.74, 6) is 1.65. The first-order valence-corrected chi connectivity index (χ1v) is 6.99. The summed E-state index contributed by atoms with van der Waals surface area (Å²) in [5.41, 5.74) is 0. The molecule has 2 fully saturated rings. The van der Waals surface area contributed by atoms with Gasteiger partial charge in [-0.15, -0.1) is 12.4 Å². The number of carbonyl (C=O) groups is 1. The summed E-state index contributed by atoms with van der Waals surface area (Å²) in [6.45, 7) is 3.92. The van der Waals surface area contributed by atoms with Gasteiger partial charge in [0, 0.05) is 24.4 Å². The van der Waals surface area contributed by atoms with Gasteiger partial charge in [-0.25, -0.2) is 0 Å². The number of amides is 1. The van der Waals surface area contributed by atoms with Crippen molar-refractivity contribution in [1.29, 1.82) is 0 Å². The van der Waals surface area contributed by atoms with Crippen molar-refractivity contribution in [3.8, 4) is 0 Å². The SMILES string of the molecule is CCSC1CCCC1NC(=O)C1CNC1.Cl. The van der Waals surface area contributed by atoms with E-state index in [4.69, 9.17) is 0 Å². The van der Waals surface area contributed by atoms with Crippen LogP contribution in [0.3, 0.4) is 0 Å². The Balaban J connectivity index is 0.00000128. The number of carbonyl (C=O) groups excluding carboxylic acids is 1. The maximum atomic E-state index is 11.8. The van der Waals surface area contributed by atoms with E-state index < -0.39 is 0 Å². The fourth-order valence-corrected chi connectivity index (χ4v) is 3.48. The molecule has 0 aromatic carbocycles. The average Bonchev–Trinajstić information content (AvgIpc) is 2.50. The fourth-order valence-electron chi connectivity index (χ4n) is 2.28. The smallest absolute Gasteiger partial charge is 0.225 e. The van der Waals surface area contributed by atoms with Crippen LogP contribution in [-0.4, -0.2) is 36.0 Å². The number of hydrogen-bond donors (Lipinski definition) is 2. The Bertz CT molecular complexity index is 236. The fraction of sp³-hybridized carbons (Fsp3) is 0.909. The van der Waals surface area contributed by atoms with Gasteiger partial charge in [-0.05, 0) is 18.6 Å². The summed E-state index contributed by atoms with van der Waals surface area (Å²) in [4.78, 5) is 11.8. The highest BCUT2D eigenvalue weighted by Crippen LogP contribution is 2.30. The molecule has 0 spiro atoms. The maximum Gasteiger partial charge on any atom is 0.225 e. The maximum absolute atomic E-state index is 11.8. The summed E-state index contributed by atoms with van der Waals surface area (Å²) < 4.78 is 0. The van der Waals surface area contributed by atoms with Gasteiger partial charge in [0.2, 0.25) is 5.91 Å². The Hall–Kier alpha value is 0.0700. The highest BCUT2D eigenvalue weighted by molar-refractivity contribution is 7.99. The highest BCUT2D eigenvalue weighted by Gasteiger charge is 2.32. The zero-order chi connectivity index (χ0) is 10.7. The third-order valence-electron chi connectivity index (χ3n) is 3.31. The molecule has 3 nitrogen and oxygen atoms in total. The second kappa shape index (κ2) is 6.72. The minimum absolute atomic E-state index is 0. The van der Waals surface area contributed by atoms with Crippen molar-refractivity contribution >= 4 is 30.1 Å². The lowest BCUT2D eigenvalue weighted by molar-refractivity contribution is -0.127. The van der Waals surface area contributed by atoms with Crippen molar-refractivity contribution in [2.75, 3.05) is 18.8 Å². The topological polar surface area (TPSA) is 41.1 Å². The van der Waals surface area contributed by atoms with Gasteiger partial charge in [-0.3, -0.25) is 4.79 Å². The van der Waals surface area contributed by atoms with Gasteiger partial charge in [-0.2, -0.15) is 11.8 Å². The standard InChI is InChI=1S/C11H20N2OS.ClH/c1-2-15-10-5-3-4-9(10)13-11(14)8-6-12-7-8;/h8-10,12H,2-7H2,1H3,(H,13,14);1H. The van der Waals surface area contributed by atoms with Crippen LogP contribution >= 0.6 is 24.2 Å². The van der Waals surface area contributed by atoms with Crippen molar-refractivity contribution in [2.24, 2.45) is 5.92 Å². The molecule has 1 saturated heterocycles. The molecule has 2 N–H and O–H groups in total. The van der Waals surface area contributed by atoms with E-state index in [0.717, 1.165) is 18.8 Å². The molecular weight excluding hydrogens is 244 g/mol. The average molecular weight is 265 g/mol. The highest BCUT2D eigenvalue weighted by atomic mass is 35.5. The predicted molar refractivity (Wildman–Crippen MR) is 71.3 cm³/mol. The molecule has 2 unspecified atom stereocenters. The number of halogens is 1. The molecule has 2 rings (SSSR count). The Morgan fingerprint density at radius 2 is 2.19 bits per heavy atom. The number of hydrogen-bond acceptors (Lipinski definition) is 3. The third-order valence-corrected chi connectivity index (χ3v) is 4.64. The van der Waals surface area contributed by atoms with E-state index in [9.17, 15) is 4.79 Å². The molecule has 94 valence electrons. The monoisotopic (exact) mass is 264 g/mol. The first-order chi connectivity index (χ1) is 7.31. The number of rotatable bonds is 4. The molecule has 1 heterocycles. The van der Waals surface area contributed by atoms with Crippen molar-refractivity contribution in [1.82, 2.24) is 10.6 Å². The first kappa shape index (κ1) is 14.1. The Labute approximate surface area is 108 Å². The van der Waals surface area contributed by atoms with Crippen LogP contribution in [0.4, 0.5) is 0 Å². The Morgan fingerprint density at radius 3 is 2.75 bits per heavy atom. The molecule has 1 aliphatic heterocycles. The van der Waals surface area contributed by atoms with Crippen molar-refractivity contribution in [2.45, 2.75) is 37.5 Å². The summed E-state index contributed by atoms with van der Waals surface area (Å²) >= 11 is 2.00. The van der Waals surface area contributed by atoms with E-state index in [2.05, 4.69) is 17.6 Å². The second-order valence-electron chi connectivity index (χ2n) is 4.39. The molecular formula is C11H21ClN2OS. The van der Waals surface area contributed by atoms with Crippen LogP contribution in [-0.2, 0) is 4.79 Å². The molecule has 0 bridgehead atoms.